The first kappa shape index (κ1) is 18.6. The van der Waals surface area contributed by atoms with E-state index in [4.69, 9.17) is 34.8 Å². The van der Waals surface area contributed by atoms with Crippen LogP contribution in [-0.4, -0.2) is 46.9 Å². The molecule has 2 rings (SSSR count). The molecule has 0 saturated carbocycles. The zero-order valence-electron chi connectivity index (χ0n) is 13.1. The minimum absolute atomic E-state index is 0.145. The number of aromatic nitrogens is 1. The predicted molar refractivity (Wildman–Crippen MR) is 94.1 cm³/mol. The van der Waals surface area contributed by atoms with Crippen molar-refractivity contribution in [2.45, 2.75) is 6.54 Å². The van der Waals surface area contributed by atoms with Crippen LogP contribution in [0.3, 0.4) is 0 Å². The maximum absolute atomic E-state index is 11.7. The molecule has 0 bridgehead atoms. The van der Waals surface area contributed by atoms with E-state index in [9.17, 15) is 10.1 Å². The average molecular weight is 393 g/mol. The third-order valence-electron chi connectivity index (χ3n) is 3.41. The third kappa shape index (κ3) is 4.23. The van der Waals surface area contributed by atoms with Crippen molar-refractivity contribution in [3.05, 3.63) is 60.9 Å². The van der Waals surface area contributed by atoms with Gasteiger partial charge in [0.05, 0.1) is 4.92 Å². The Balaban J connectivity index is 2.43. The van der Waals surface area contributed by atoms with Crippen LogP contribution in [0.4, 0.5) is 0 Å². The Hall–Kier alpha value is -1.70. The van der Waals surface area contributed by atoms with Gasteiger partial charge >= 0.3 is 5.70 Å². The van der Waals surface area contributed by atoms with Crippen molar-refractivity contribution in [3.63, 3.8) is 0 Å². The van der Waals surface area contributed by atoms with E-state index in [0.717, 1.165) is 5.56 Å². The second-order valence-corrected chi connectivity index (χ2v) is 6.63. The van der Waals surface area contributed by atoms with E-state index in [1.54, 1.807) is 26.4 Å². The molecule has 0 spiro atoms. The molecule has 130 valence electrons. The van der Waals surface area contributed by atoms with E-state index < -0.39 is 4.92 Å². The van der Waals surface area contributed by atoms with E-state index in [0.29, 0.717) is 30.6 Å². The number of halogens is 3. The summed E-state index contributed by atoms with van der Waals surface area (Å²) in [5.74, 6) is 0.373. The third-order valence-corrected chi connectivity index (χ3v) is 3.99. The number of rotatable bonds is 5. The normalized spacial score (nSPS) is 15.8. The maximum Gasteiger partial charge on any atom is 0.334 e. The molecule has 1 aliphatic heterocycles. The molecule has 10 heteroatoms. The van der Waals surface area contributed by atoms with E-state index in [1.807, 2.05) is 11.0 Å². The summed E-state index contributed by atoms with van der Waals surface area (Å²) in [6.07, 6.45) is 1.64. The van der Waals surface area contributed by atoms with Crippen LogP contribution < -0.4 is 5.32 Å². The van der Waals surface area contributed by atoms with Gasteiger partial charge in [-0.3, -0.25) is 10.1 Å². The van der Waals surface area contributed by atoms with Crippen molar-refractivity contribution in [1.82, 2.24) is 20.1 Å². The van der Waals surface area contributed by atoms with Gasteiger partial charge in [0, 0.05) is 39.9 Å². The van der Waals surface area contributed by atoms with Crippen molar-refractivity contribution >= 4 is 34.8 Å². The fraction of sp³-hybridized carbons (Fsp3) is 0.357. The molecule has 0 amide bonds. The Morgan fingerprint density at radius 1 is 1.46 bits per heavy atom. The lowest BCUT2D eigenvalue weighted by Gasteiger charge is -2.22. The molecular formula is C14H16Cl3N5O2. The van der Waals surface area contributed by atoms with E-state index in [-0.39, 0.29) is 15.9 Å². The van der Waals surface area contributed by atoms with Crippen LogP contribution in [0, 0.1) is 10.1 Å². The zero-order chi connectivity index (χ0) is 17.9. The highest BCUT2D eigenvalue weighted by atomic mass is 35.5. The number of hydrogen-bond acceptors (Lipinski definition) is 6. The number of nitro groups is 1. The number of nitrogens with zero attached hydrogens (tertiary/aromatic N) is 4. The highest BCUT2D eigenvalue weighted by Crippen LogP contribution is 2.28. The van der Waals surface area contributed by atoms with Gasteiger partial charge in [-0.15, -0.1) is 0 Å². The lowest BCUT2D eigenvalue weighted by molar-refractivity contribution is -0.424. The van der Waals surface area contributed by atoms with Crippen LogP contribution in [0.1, 0.15) is 5.56 Å². The second kappa shape index (κ2) is 7.92. The van der Waals surface area contributed by atoms with Crippen molar-refractivity contribution in [2.24, 2.45) is 0 Å². The van der Waals surface area contributed by atoms with Crippen molar-refractivity contribution in [2.75, 3.05) is 27.2 Å². The van der Waals surface area contributed by atoms with Gasteiger partial charge in [0.15, 0.2) is 5.82 Å². The Labute approximate surface area is 154 Å². The van der Waals surface area contributed by atoms with E-state index >= 15 is 0 Å². The predicted octanol–water partition coefficient (Wildman–Crippen LogP) is 2.79. The summed E-state index contributed by atoms with van der Waals surface area (Å²) < 4.78 is -0.166. The van der Waals surface area contributed by atoms with Gasteiger partial charge in [-0.1, -0.05) is 40.9 Å². The highest BCUT2D eigenvalue weighted by Gasteiger charge is 2.33. The topological polar surface area (TPSA) is 74.5 Å². The average Bonchev–Trinajstić information content (AvgIpc) is 2.93. The van der Waals surface area contributed by atoms with Gasteiger partial charge < -0.3 is 15.1 Å². The summed E-state index contributed by atoms with van der Waals surface area (Å²) in [5.41, 5.74) is 0.863. The summed E-state index contributed by atoms with van der Waals surface area (Å²) >= 11 is 17.5. The smallest absolute Gasteiger partial charge is 0.334 e. The first-order chi connectivity index (χ1) is 11.3. The Kier molecular flexibility index (Phi) is 6.15. The summed E-state index contributed by atoms with van der Waals surface area (Å²) in [7, 11) is 3.29. The van der Waals surface area contributed by atoms with Crippen LogP contribution in [0.25, 0.3) is 0 Å². The molecular weight excluding hydrogens is 377 g/mol. The molecule has 0 aromatic carbocycles. The molecule has 1 fully saturated rings. The van der Waals surface area contributed by atoms with E-state index in [2.05, 4.69) is 10.3 Å². The van der Waals surface area contributed by atoms with Gasteiger partial charge in [-0.2, -0.15) is 0 Å². The van der Waals surface area contributed by atoms with Gasteiger partial charge in [0.2, 0.25) is 0 Å². The summed E-state index contributed by atoms with van der Waals surface area (Å²) in [5, 5.41) is 15.1. The lowest BCUT2D eigenvalue weighted by atomic mass is 10.2. The molecule has 0 aliphatic carbocycles. The van der Waals surface area contributed by atoms with Crippen LogP contribution in [-0.2, 0) is 6.54 Å². The minimum atomic E-state index is -0.485. The van der Waals surface area contributed by atoms with Crippen molar-refractivity contribution in [1.29, 1.82) is 0 Å². The molecule has 0 unspecified atom stereocenters. The maximum atomic E-state index is 11.7. The second-order valence-electron chi connectivity index (χ2n) is 5.30. The van der Waals surface area contributed by atoms with Crippen molar-refractivity contribution in [3.8, 4) is 0 Å². The number of hydrogen-bond donors (Lipinski definition) is 1. The summed E-state index contributed by atoms with van der Waals surface area (Å²) in [6, 6.07) is 3.51. The molecule has 24 heavy (non-hydrogen) atoms. The summed E-state index contributed by atoms with van der Waals surface area (Å²) in [4.78, 5) is 18.6. The van der Waals surface area contributed by atoms with Gasteiger partial charge in [-0.25, -0.2) is 4.98 Å². The first-order valence-electron chi connectivity index (χ1n) is 7.02. The first-order valence-corrected chi connectivity index (χ1v) is 8.15. The zero-order valence-corrected chi connectivity index (χ0v) is 15.4. The fourth-order valence-electron chi connectivity index (χ4n) is 2.40. The largest absolute Gasteiger partial charge is 0.370 e. The summed E-state index contributed by atoms with van der Waals surface area (Å²) in [6.45, 7) is 1.63. The SMILES string of the molecule is CN(C)C(=C(Cl)Cl)/C(=C1/NCCN1Cc1ccc(Cl)nc1)[N+](=O)[O-]. The van der Waals surface area contributed by atoms with Crippen molar-refractivity contribution < 1.29 is 4.92 Å². The molecule has 1 aromatic rings. The lowest BCUT2D eigenvalue weighted by Crippen LogP contribution is -2.28. The molecule has 0 radical (unpaired) electrons. The Morgan fingerprint density at radius 3 is 2.67 bits per heavy atom. The van der Waals surface area contributed by atoms with Gasteiger partial charge in [-0.05, 0) is 11.6 Å². The Bertz CT molecular complexity index is 684. The molecule has 1 saturated heterocycles. The molecule has 7 nitrogen and oxygen atoms in total. The molecule has 0 atom stereocenters. The highest BCUT2D eigenvalue weighted by molar-refractivity contribution is 6.56. The standard InChI is InChI=1S/C14H16Cl3N5O2/c1-20(2)11(13(16)17)12(22(23)24)14-18-5-6-21(14)8-9-3-4-10(15)19-7-9/h3-4,7,18H,5-6,8H2,1-2H3/b14-12+. The van der Waals surface area contributed by atoms with Crippen LogP contribution in [0.15, 0.2) is 40.0 Å². The number of likely N-dealkylation sites (N-methyl/N-ethyl adjacent to an activating group) is 1. The monoisotopic (exact) mass is 391 g/mol. The van der Waals surface area contributed by atoms with Gasteiger partial charge in [0.25, 0.3) is 0 Å². The minimum Gasteiger partial charge on any atom is -0.370 e. The molecule has 2 heterocycles. The molecule has 1 aromatic heterocycles. The quantitative estimate of drug-likeness (QED) is 0.472. The number of pyridine rings is 1. The number of nitrogens with one attached hydrogen (secondary N) is 1. The van der Waals surface area contributed by atoms with E-state index in [1.165, 1.54) is 4.90 Å². The molecule has 1 aliphatic rings. The van der Waals surface area contributed by atoms with Crippen LogP contribution >= 0.6 is 34.8 Å². The van der Waals surface area contributed by atoms with Crippen LogP contribution in [0.2, 0.25) is 5.15 Å². The fourth-order valence-corrected chi connectivity index (χ4v) is 3.03. The van der Waals surface area contributed by atoms with Gasteiger partial charge in [0.1, 0.15) is 15.3 Å². The Morgan fingerprint density at radius 2 is 2.17 bits per heavy atom. The molecule has 1 N–H and O–H groups in total. The van der Waals surface area contributed by atoms with Crippen LogP contribution in [0.5, 0.6) is 0 Å².